The van der Waals surface area contributed by atoms with Gasteiger partial charge in [0.15, 0.2) is 11.5 Å². The molecule has 1 aliphatic heterocycles. The molecule has 1 fully saturated rings. The van der Waals surface area contributed by atoms with Crippen LogP contribution in [0, 0.1) is 6.92 Å². The SMILES string of the molecule is COc1cc(/C=C2\SC(=O)N(CCOc3cc(C)ccc3C(C)C)C2=O)ccc1OC(=O)c1cccc2ccccc12. The van der Waals surface area contributed by atoms with Crippen molar-refractivity contribution in [1.29, 1.82) is 0 Å². The van der Waals surface area contributed by atoms with Gasteiger partial charge in [-0.3, -0.25) is 14.5 Å². The Morgan fingerprint density at radius 3 is 2.50 bits per heavy atom. The van der Waals surface area contributed by atoms with Crippen molar-refractivity contribution in [3.8, 4) is 17.2 Å². The van der Waals surface area contributed by atoms with E-state index in [0.717, 1.165) is 39.4 Å². The van der Waals surface area contributed by atoms with E-state index in [2.05, 4.69) is 13.8 Å². The Balaban J connectivity index is 1.27. The number of methoxy groups -OCH3 is 1. The van der Waals surface area contributed by atoms with Gasteiger partial charge in [-0.2, -0.15) is 0 Å². The minimum atomic E-state index is -0.507. The lowest BCUT2D eigenvalue weighted by molar-refractivity contribution is -0.123. The fourth-order valence-corrected chi connectivity index (χ4v) is 5.62. The maximum atomic E-state index is 13.1. The lowest BCUT2D eigenvalue weighted by atomic mass is 10.0. The first-order valence-electron chi connectivity index (χ1n) is 13.6. The fraction of sp³-hybridized carbons (Fsp3) is 0.206. The maximum Gasteiger partial charge on any atom is 0.344 e. The summed E-state index contributed by atoms with van der Waals surface area (Å²) >= 11 is 0.877. The zero-order valence-electron chi connectivity index (χ0n) is 23.9. The molecule has 4 aromatic rings. The van der Waals surface area contributed by atoms with E-state index in [0.29, 0.717) is 21.8 Å². The average Bonchev–Trinajstić information content (AvgIpc) is 3.24. The highest BCUT2D eigenvalue weighted by Crippen LogP contribution is 2.35. The van der Waals surface area contributed by atoms with E-state index < -0.39 is 5.97 Å². The first-order chi connectivity index (χ1) is 20.2. The molecule has 0 aromatic heterocycles. The van der Waals surface area contributed by atoms with E-state index in [4.69, 9.17) is 14.2 Å². The number of nitrogens with zero attached hydrogens (tertiary/aromatic N) is 1. The summed E-state index contributed by atoms with van der Waals surface area (Å²) in [6.07, 6.45) is 1.63. The van der Waals surface area contributed by atoms with Crippen LogP contribution < -0.4 is 14.2 Å². The molecule has 214 valence electrons. The number of hydrogen-bond donors (Lipinski definition) is 0. The van der Waals surface area contributed by atoms with Gasteiger partial charge in [0.2, 0.25) is 0 Å². The number of amides is 2. The molecule has 0 saturated carbocycles. The zero-order chi connectivity index (χ0) is 29.8. The fourth-order valence-electron chi connectivity index (χ4n) is 4.75. The van der Waals surface area contributed by atoms with Crippen LogP contribution in [-0.4, -0.2) is 42.3 Å². The van der Waals surface area contributed by atoms with Crippen LogP contribution in [0.5, 0.6) is 17.2 Å². The first kappa shape index (κ1) is 29.0. The summed E-state index contributed by atoms with van der Waals surface area (Å²) in [4.78, 5) is 40.3. The Morgan fingerprint density at radius 2 is 1.71 bits per heavy atom. The lowest BCUT2D eigenvalue weighted by Crippen LogP contribution is -2.32. The number of aryl methyl sites for hydroxylation is 1. The molecule has 0 aliphatic carbocycles. The van der Waals surface area contributed by atoms with Crippen molar-refractivity contribution in [2.24, 2.45) is 0 Å². The van der Waals surface area contributed by atoms with Gasteiger partial charge in [-0.1, -0.05) is 68.4 Å². The number of benzene rings is 4. The second-order valence-corrected chi connectivity index (χ2v) is 11.2. The smallest absolute Gasteiger partial charge is 0.344 e. The molecule has 5 rings (SSSR count). The van der Waals surface area contributed by atoms with Gasteiger partial charge in [-0.15, -0.1) is 0 Å². The van der Waals surface area contributed by atoms with E-state index in [1.165, 1.54) is 12.0 Å². The molecule has 0 unspecified atom stereocenters. The van der Waals surface area contributed by atoms with E-state index in [1.54, 1.807) is 30.3 Å². The standard InChI is InChI=1S/C34H31NO6S/c1-21(2)25-14-12-22(3)18-29(25)40-17-16-35-32(36)31(42-34(35)38)20-23-13-15-28(30(19-23)39-4)41-33(37)27-11-7-9-24-8-5-6-10-26(24)27/h5-15,18-21H,16-17H2,1-4H3/b31-20-. The number of carbonyl (C=O) groups is 3. The highest BCUT2D eigenvalue weighted by Gasteiger charge is 2.35. The first-order valence-corrected chi connectivity index (χ1v) is 14.4. The van der Waals surface area contributed by atoms with Gasteiger partial charge in [0.1, 0.15) is 12.4 Å². The quantitative estimate of drug-likeness (QED) is 0.114. The highest BCUT2D eigenvalue weighted by atomic mass is 32.2. The Hall–Kier alpha value is -4.56. The van der Waals surface area contributed by atoms with Crippen molar-refractivity contribution >= 4 is 45.7 Å². The molecular formula is C34H31NO6S. The normalized spacial score (nSPS) is 14.2. The molecule has 0 atom stereocenters. The monoisotopic (exact) mass is 581 g/mol. The molecule has 7 nitrogen and oxygen atoms in total. The predicted molar refractivity (Wildman–Crippen MR) is 165 cm³/mol. The van der Waals surface area contributed by atoms with Crippen molar-refractivity contribution in [3.63, 3.8) is 0 Å². The van der Waals surface area contributed by atoms with Gasteiger partial charge in [0, 0.05) is 0 Å². The van der Waals surface area contributed by atoms with Crippen LogP contribution in [0.25, 0.3) is 16.8 Å². The lowest BCUT2D eigenvalue weighted by Gasteiger charge is -2.17. The summed E-state index contributed by atoms with van der Waals surface area (Å²) in [5, 5.41) is 1.38. The topological polar surface area (TPSA) is 82.1 Å². The summed E-state index contributed by atoms with van der Waals surface area (Å²) < 4.78 is 17.2. The van der Waals surface area contributed by atoms with Gasteiger partial charge in [-0.25, -0.2) is 4.79 Å². The summed E-state index contributed by atoms with van der Waals surface area (Å²) in [6.45, 7) is 6.51. The Kier molecular flexibility index (Phi) is 8.64. The molecule has 1 saturated heterocycles. The molecule has 0 N–H and O–H groups in total. The molecule has 0 spiro atoms. The number of ether oxygens (including phenoxy) is 3. The molecule has 2 amide bonds. The van der Waals surface area contributed by atoms with Crippen LogP contribution in [0.15, 0.2) is 83.8 Å². The molecule has 0 bridgehead atoms. The van der Waals surface area contributed by atoms with E-state index >= 15 is 0 Å². The Bertz CT molecular complexity index is 1700. The van der Waals surface area contributed by atoms with Crippen LogP contribution >= 0.6 is 11.8 Å². The largest absolute Gasteiger partial charge is 0.493 e. The number of fused-ring (bicyclic) bond motifs is 1. The Morgan fingerprint density at radius 1 is 0.929 bits per heavy atom. The molecule has 1 aliphatic rings. The maximum absolute atomic E-state index is 13.1. The Labute approximate surface area is 249 Å². The number of rotatable bonds is 9. The van der Waals surface area contributed by atoms with Gasteiger partial charge >= 0.3 is 5.97 Å². The third-order valence-corrected chi connectivity index (χ3v) is 7.84. The summed E-state index contributed by atoms with van der Waals surface area (Å²) in [5.41, 5.74) is 3.22. The van der Waals surface area contributed by atoms with Crippen molar-refractivity contribution in [1.82, 2.24) is 4.90 Å². The van der Waals surface area contributed by atoms with E-state index in [9.17, 15) is 14.4 Å². The predicted octanol–water partition coefficient (Wildman–Crippen LogP) is 7.61. The molecule has 1 heterocycles. The van der Waals surface area contributed by atoms with Gasteiger partial charge in [-0.05, 0) is 82.4 Å². The number of esters is 1. The van der Waals surface area contributed by atoms with Crippen LogP contribution in [0.3, 0.4) is 0 Å². The second-order valence-electron chi connectivity index (χ2n) is 10.2. The number of hydrogen-bond acceptors (Lipinski definition) is 7. The number of carbonyl (C=O) groups excluding carboxylic acids is 3. The molecule has 4 aromatic carbocycles. The zero-order valence-corrected chi connectivity index (χ0v) is 24.7. The van der Waals surface area contributed by atoms with Gasteiger partial charge < -0.3 is 14.2 Å². The van der Waals surface area contributed by atoms with Crippen LogP contribution in [0.1, 0.15) is 46.8 Å². The summed E-state index contributed by atoms with van der Waals surface area (Å²) in [7, 11) is 1.47. The molecular weight excluding hydrogens is 550 g/mol. The third-order valence-electron chi connectivity index (χ3n) is 6.93. The van der Waals surface area contributed by atoms with Gasteiger partial charge in [0.05, 0.1) is 24.1 Å². The van der Waals surface area contributed by atoms with Crippen LogP contribution in [0.4, 0.5) is 4.79 Å². The van der Waals surface area contributed by atoms with Crippen molar-refractivity contribution in [3.05, 3.63) is 106 Å². The van der Waals surface area contributed by atoms with Crippen LogP contribution in [-0.2, 0) is 4.79 Å². The minimum Gasteiger partial charge on any atom is -0.493 e. The number of imide groups is 1. The number of thioether (sulfide) groups is 1. The van der Waals surface area contributed by atoms with Crippen LogP contribution in [0.2, 0.25) is 0 Å². The summed E-state index contributed by atoms with van der Waals surface area (Å²) in [6, 6.07) is 24.1. The molecule has 42 heavy (non-hydrogen) atoms. The van der Waals surface area contributed by atoms with E-state index in [-0.39, 0.29) is 36.0 Å². The third kappa shape index (κ3) is 6.19. The molecule has 8 heteroatoms. The highest BCUT2D eigenvalue weighted by molar-refractivity contribution is 8.18. The average molecular weight is 582 g/mol. The summed E-state index contributed by atoms with van der Waals surface area (Å²) in [5.74, 6) is 0.727. The molecule has 0 radical (unpaired) electrons. The van der Waals surface area contributed by atoms with Gasteiger partial charge in [0.25, 0.3) is 11.1 Å². The van der Waals surface area contributed by atoms with Crippen molar-refractivity contribution in [2.45, 2.75) is 26.7 Å². The van der Waals surface area contributed by atoms with Crippen molar-refractivity contribution in [2.75, 3.05) is 20.3 Å². The van der Waals surface area contributed by atoms with Crippen molar-refractivity contribution < 1.29 is 28.6 Å². The minimum absolute atomic E-state index is 0.139. The second kappa shape index (κ2) is 12.5. The van der Waals surface area contributed by atoms with E-state index in [1.807, 2.05) is 61.5 Å².